The smallest absolute Gasteiger partial charge is 0.323 e. The molecule has 1 aliphatic rings. The van der Waals surface area contributed by atoms with Gasteiger partial charge in [-0.2, -0.15) is 0 Å². The Labute approximate surface area is 119 Å². The summed E-state index contributed by atoms with van der Waals surface area (Å²) in [5, 5.41) is 2.67. The molecule has 0 bridgehead atoms. The van der Waals surface area contributed by atoms with Crippen molar-refractivity contribution in [3.8, 4) is 0 Å². The van der Waals surface area contributed by atoms with Gasteiger partial charge < -0.3 is 10.1 Å². The molecule has 1 amide bonds. The third-order valence-corrected chi connectivity index (χ3v) is 3.30. The van der Waals surface area contributed by atoms with E-state index in [0.717, 1.165) is 4.47 Å². The summed E-state index contributed by atoms with van der Waals surface area (Å²) in [5.74, 6) is 0.00434. The molecule has 0 unspecified atom stereocenters. The number of ether oxygens (including phenoxy) is 1. The van der Waals surface area contributed by atoms with Crippen molar-refractivity contribution in [1.82, 2.24) is 9.88 Å². The number of amides is 1. The molecule has 1 aromatic rings. The fourth-order valence-corrected chi connectivity index (χ4v) is 2.09. The summed E-state index contributed by atoms with van der Waals surface area (Å²) in [7, 11) is 1.73. The van der Waals surface area contributed by atoms with E-state index >= 15 is 0 Å². The van der Waals surface area contributed by atoms with Crippen LogP contribution in [-0.2, 0) is 14.3 Å². The minimum absolute atomic E-state index is 0.123. The van der Waals surface area contributed by atoms with E-state index < -0.39 is 0 Å². The predicted octanol–water partition coefficient (Wildman–Crippen LogP) is 1.03. The Balaban J connectivity index is 1.87. The first kappa shape index (κ1) is 14.0. The van der Waals surface area contributed by atoms with Crippen molar-refractivity contribution in [2.24, 2.45) is 0 Å². The zero-order chi connectivity index (χ0) is 13.8. The van der Waals surface area contributed by atoms with Crippen molar-refractivity contribution < 1.29 is 14.3 Å². The molecule has 2 rings (SSSR count). The third-order valence-electron chi connectivity index (χ3n) is 2.83. The highest BCUT2D eigenvalue weighted by Crippen LogP contribution is 2.13. The molecule has 1 N–H and O–H groups in total. The Morgan fingerprint density at radius 2 is 2.42 bits per heavy atom. The van der Waals surface area contributed by atoms with Crippen molar-refractivity contribution in [2.45, 2.75) is 12.5 Å². The fraction of sp³-hybridized carbons (Fsp3) is 0.417. The largest absolute Gasteiger partial charge is 0.464 e. The van der Waals surface area contributed by atoms with Gasteiger partial charge in [-0.25, -0.2) is 4.98 Å². The first-order valence-electron chi connectivity index (χ1n) is 5.84. The molecule has 2 heterocycles. The molecule has 1 aliphatic heterocycles. The van der Waals surface area contributed by atoms with Gasteiger partial charge in [0.1, 0.15) is 11.9 Å². The number of esters is 1. The van der Waals surface area contributed by atoms with Gasteiger partial charge >= 0.3 is 5.97 Å². The van der Waals surface area contributed by atoms with E-state index in [0.29, 0.717) is 18.8 Å². The number of carbonyl (C=O) groups is 2. The Bertz CT molecular complexity index is 478. The molecule has 0 radical (unpaired) electrons. The molecule has 1 saturated heterocycles. The maximum Gasteiger partial charge on any atom is 0.323 e. The SMILES string of the molecule is CN(CC(=O)Nc1ccc(Br)cn1)[C@@H]1CCOC1=O. The predicted molar refractivity (Wildman–Crippen MR) is 72.6 cm³/mol. The Hall–Kier alpha value is -1.47. The number of nitrogens with one attached hydrogen (secondary N) is 1. The third kappa shape index (κ3) is 3.74. The van der Waals surface area contributed by atoms with Gasteiger partial charge in [0, 0.05) is 17.1 Å². The molecule has 0 aromatic carbocycles. The summed E-state index contributed by atoms with van der Waals surface area (Å²) >= 11 is 3.27. The number of rotatable bonds is 4. The van der Waals surface area contributed by atoms with E-state index in [1.54, 1.807) is 30.3 Å². The molecular weight excluding hydrogens is 314 g/mol. The minimum atomic E-state index is -0.330. The summed E-state index contributed by atoms with van der Waals surface area (Å²) in [6.45, 7) is 0.543. The molecule has 0 aliphatic carbocycles. The lowest BCUT2D eigenvalue weighted by molar-refractivity contribution is -0.142. The van der Waals surface area contributed by atoms with Gasteiger partial charge in [0.15, 0.2) is 0 Å². The van der Waals surface area contributed by atoms with Crippen LogP contribution in [0.5, 0.6) is 0 Å². The molecular formula is C12H14BrN3O3. The molecule has 0 saturated carbocycles. The molecule has 6 nitrogen and oxygen atoms in total. The number of pyridine rings is 1. The second kappa shape index (κ2) is 6.12. The zero-order valence-corrected chi connectivity index (χ0v) is 12.0. The summed E-state index contributed by atoms with van der Waals surface area (Å²) < 4.78 is 5.71. The van der Waals surface area contributed by atoms with Gasteiger partial charge in [0.25, 0.3) is 0 Å². The van der Waals surface area contributed by atoms with Crippen LogP contribution < -0.4 is 5.32 Å². The van der Waals surface area contributed by atoms with E-state index in [4.69, 9.17) is 4.74 Å². The van der Waals surface area contributed by atoms with Crippen molar-refractivity contribution in [3.63, 3.8) is 0 Å². The molecule has 19 heavy (non-hydrogen) atoms. The number of hydrogen-bond acceptors (Lipinski definition) is 5. The number of hydrogen-bond donors (Lipinski definition) is 1. The molecule has 0 spiro atoms. The van der Waals surface area contributed by atoms with Crippen LogP contribution in [0.2, 0.25) is 0 Å². The van der Waals surface area contributed by atoms with Crippen molar-refractivity contribution >= 4 is 33.6 Å². The molecule has 1 atom stereocenters. The van der Waals surface area contributed by atoms with Crippen LogP contribution >= 0.6 is 15.9 Å². The van der Waals surface area contributed by atoms with Gasteiger partial charge in [0.2, 0.25) is 5.91 Å². The van der Waals surface area contributed by atoms with Crippen LogP contribution in [0, 0.1) is 0 Å². The molecule has 1 fully saturated rings. The number of nitrogens with zero attached hydrogens (tertiary/aromatic N) is 2. The van der Waals surface area contributed by atoms with E-state index in [-0.39, 0.29) is 24.5 Å². The average Bonchev–Trinajstić information content (AvgIpc) is 2.78. The van der Waals surface area contributed by atoms with Crippen LogP contribution in [-0.4, -0.2) is 48.0 Å². The second-order valence-corrected chi connectivity index (χ2v) is 5.21. The minimum Gasteiger partial charge on any atom is -0.464 e. The lowest BCUT2D eigenvalue weighted by Gasteiger charge is -2.19. The van der Waals surface area contributed by atoms with E-state index in [2.05, 4.69) is 26.2 Å². The summed E-state index contributed by atoms with van der Waals surface area (Å²) in [4.78, 5) is 28.9. The van der Waals surface area contributed by atoms with Crippen molar-refractivity contribution in [2.75, 3.05) is 25.5 Å². The van der Waals surface area contributed by atoms with Gasteiger partial charge in [-0.3, -0.25) is 14.5 Å². The van der Waals surface area contributed by atoms with Crippen LogP contribution in [0.4, 0.5) is 5.82 Å². The quantitative estimate of drug-likeness (QED) is 0.836. The second-order valence-electron chi connectivity index (χ2n) is 4.30. The molecule has 7 heteroatoms. The standard InChI is InChI=1S/C12H14BrN3O3/c1-16(9-4-5-19-12(9)18)7-11(17)15-10-3-2-8(13)6-14-10/h2-3,6,9H,4-5,7H2,1H3,(H,14,15,17)/t9-/m1/s1. The molecule has 1 aromatic heterocycles. The highest BCUT2D eigenvalue weighted by molar-refractivity contribution is 9.10. The van der Waals surface area contributed by atoms with Gasteiger partial charge in [0.05, 0.1) is 13.2 Å². The van der Waals surface area contributed by atoms with Crippen LogP contribution in [0.25, 0.3) is 0 Å². The lowest BCUT2D eigenvalue weighted by Crippen LogP contribution is -2.40. The average molecular weight is 328 g/mol. The maximum atomic E-state index is 11.8. The first-order valence-corrected chi connectivity index (χ1v) is 6.64. The number of cyclic esters (lactones) is 1. The summed E-state index contributed by atoms with van der Waals surface area (Å²) in [6.07, 6.45) is 2.23. The lowest BCUT2D eigenvalue weighted by atomic mass is 10.2. The number of carbonyl (C=O) groups excluding carboxylic acids is 2. The summed E-state index contributed by atoms with van der Waals surface area (Å²) in [6, 6.07) is 3.16. The highest BCUT2D eigenvalue weighted by Gasteiger charge is 2.31. The van der Waals surface area contributed by atoms with Gasteiger partial charge in [-0.05, 0) is 35.1 Å². The maximum absolute atomic E-state index is 11.8. The normalized spacial score (nSPS) is 18.5. The number of halogens is 1. The van der Waals surface area contributed by atoms with Gasteiger partial charge in [-0.1, -0.05) is 0 Å². The number of aromatic nitrogens is 1. The fourth-order valence-electron chi connectivity index (χ4n) is 1.85. The Morgan fingerprint density at radius 1 is 1.63 bits per heavy atom. The highest BCUT2D eigenvalue weighted by atomic mass is 79.9. The van der Waals surface area contributed by atoms with Crippen molar-refractivity contribution in [1.29, 1.82) is 0 Å². The number of anilines is 1. The van der Waals surface area contributed by atoms with Crippen molar-refractivity contribution in [3.05, 3.63) is 22.8 Å². The van der Waals surface area contributed by atoms with E-state index in [1.807, 2.05) is 0 Å². The zero-order valence-electron chi connectivity index (χ0n) is 10.4. The summed E-state index contributed by atoms with van der Waals surface area (Å²) in [5.41, 5.74) is 0. The topological polar surface area (TPSA) is 71.5 Å². The molecule has 102 valence electrons. The Kier molecular flexibility index (Phi) is 4.49. The van der Waals surface area contributed by atoms with Crippen LogP contribution in [0.1, 0.15) is 6.42 Å². The van der Waals surface area contributed by atoms with E-state index in [1.165, 1.54) is 0 Å². The van der Waals surface area contributed by atoms with Crippen LogP contribution in [0.3, 0.4) is 0 Å². The van der Waals surface area contributed by atoms with Crippen LogP contribution in [0.15, 0.2) is 22.8 Å². The van der Waals surface area contributed by atoms with Gasteiger partial charge in [-0.15, -0.1) is 0 Å². The first-order chi connectivity index (χ1) is 9.06. The Morgan fingerprint density at radius 3 is 3.00 bits per heavy atom. The van der Waals surface area contributed by atoms with E-state index in [9.17, 15) is 9.59 Å². The number of likely N-dealkylation sites (N-methyl/N-ethyl adjacent to an activating group) is 1. The monoisotopic (exact) mass is 327 g/mol.